The van der Waals surface area contributed by atoms with Gasteiger partial charge in [-0.05, 0) is 56.5 Å². The summed E-state index contributed by atoms with van der Waals surface area (Å²) >= 11 is 3.40. The number of nitrogens with zero attached hydrogens (tertiary/aromatic N) is 2. The molecule has 0 amide bonds. The monoisotopic (exact) mass is 328 g/mol. The van der Waals surface area contributed by atoms with Crippen LogP contribution in [0.2, 0.25) is 0 Å². The number of hydrogen-bond acceptors (Lipinski definition) is 4. The number of allylic oxidation sites excluding steroid dienone is 1. The van der Waals surface area contributed by atoms with E-state index in [1.54, 1.807) is 22.7 Å². The zero-order chi connectivity index (χ0) is 15.4. The first-order chi connectivity index (χ1) is 10.5. The van der Waals surface area contributed by atoms with Crippen molar-refractivity contribution in [3.8, 4) is 0 Å². The lowest BCUT2D eigenvalue weighted by Gasteiger charge is -2.03. The van der Waals surface area contributed by atoms with Gasteiger partial charge >= 0.3 is 0 Å². The fourth-order valence-corrected chi connectivity index (χ4v) is 4.83. The zero-order valence-corrected chi connectivity index (χ0v) is 14.4. The van der Waals surface area contributed by atoms with Gasteiger partial charge in [-0.25, -0.2) is 4.98 Å². The molecule has 0 saturated carbocycles. The van der Waals surface area contributed by atoms with Crippen molar-refractivity contribution in [2.24, 2.45) is 0 Å². The van der Waals surface area contributed by atoms with E-state index in [-0.39, 0.29) is 5.56 Å². The summed E-state index contributed by atoms with van der Waals surface area (Å²) in [6.45, 7) is 6.92. The number of fused-ring (bicyclic) bond motifs is 2. The van der Waals surface area contributed by atoms with Crippen LogP contribution in [0.25, 0.3) is 21.9 Å². The summed E-state index contributed by atoms with van der Waals surface area (Å²) in [6, 6.07) is 4.26. The van der Waals surface area contributed by atoms with Gasteiger partial charge in [0.2, 0.25) is 0 Å². The Morgan fingerprint density at radius 3 is 2.77 bits per heavy atom. The van der Waals surface area contributed by atoms with Crippen LogP contribution in [0.1, 0.15) is 32.4 Å². The van der Waals surface area contributed by atoms with Crippen LogP contribution < -0.4 is 5.56 Å². The van der Waals surface area contributed by atoms with Crippen molar-refractivity contribution < 1.29 is 0 Å². The van der Waals surface area contributed by atoms with Crippen LogP contribution in [-0.2, 0) is 6.54 Å². The lowest BCUT2D eigenvalue weighted by atomic mass is 10.2. The number of aromatic nitrogens is 2. The Kier molecular flexibility index (Phi) is 3.09. The van der Waals surface area contributed by atoms with Crippen molar-refractivity contribution in [2.45, 2.75) is 33.7 Å². The maximum absolute atomic E-state index is 12.8. The topological polar surface area (TPSA) is 34.9 Å². The van der Waals surface area contributed by atoms with Gasteiger partial charge in [0.05, 0.1) is 5.39 Å². The smallest absolute Gasteiger partial charge is 0.262 e. The number of aryl methyl sites for hydroxylation is 3. The van der Waals surface area contributed by atoms with Gasteiger partial charge in [-0.1, -0.05) is 0 Å². The lowest BCUT2D eigenvalue weighted by molar-refractivity contribution is 0.726. The molecule has 3 aromatic heterocycles. The van der Waals surface area contributed by atoms with E-state index in [2.05, 4.69) is 32.1 Å². The van der Waals surface area contributed by atoms with E-state index in [1.165, 1.54) is 20.2 Å². The van der Waals surface area contributed by atoms with Gasteiger partial charge in [0, 0.05) is 21.2 Å². The van der Waals surface area contributed by atoms with Gasteiger partial charge in [-0.15, -0.1) is 22.7 Å². The quantitative estimate of drug-likeness (QED) is 0.664. The molecule has 0 aromatic carbocycles. The molecule has 22 heavy (non-hydrogen) atoms. The summed E-state index contributed by atoms with van der Waals surface area (Å²) in [4.78, 5) is 22.2. The fourth-order valence-electron chi connectivity index (χ4n) is 2.96. The van der Waals surface area contributed by atoms with Gasteiger partial charge in [0.1, 0.15) is 10.7 Å². The van der Waals surface area contributed by atoms with Gasteiger partial charge in [-0.2, -0.15) is 0 Å². The van der Waals surface area contributed by atoms with Crippen LogP contribution >= 0.6 is 22.7 Å². The van der Waals surface area contributed by atoms with Crippen molar-refractivity contribution in [1.82, 2.24) is 9.55 Å². The summed E-state index contributed by atoms with van der Waals surface area (Å²) in [5, 5.41) is 0.805. The molecule has 1 aliphatic heterocycles. The molecule has 5 heteroatoms. The molecule has 3 nitrogen and oxygen atoms in total. The minimum absolute atomic E-state index is 0.118. The Balaban J connectivity index is 1.94. The Morgan fingerprint density at radius 2 is 2.05 bits per heavy atom. The van der Waals surface area contributed by atoms with E-state index in [4.69, 9.17) is 4.98 Å². The number of hydrogen-bond donors (Lipinski definition) is 0. The van der Waals surface area contributed by atoms with Crippen LogP contribution in [0.4, 0.5) is 0 Å². The zero-order valence-electron chi connectivity index (χ0n) is 12.8. The van der Waals surface area contributed by atoms with Crippen molar-refractivity contribution in [2.75, 3.05) is 0 Å². The van der Waals surface area contributed by atoms with E-state index in [1.807, 2.05) is 11.5 Å². The third-order valence-corrected chi connectivity index (χ3v) is 6.31. The molecule has 0 N–H and O–H groups in total. The van der Waals surface area contributed by atoms with Crippen molar-refractivity contribution in [1.29, 1.82) is 0 Å². The molecule has 0 saturated heterocycles. The summed E-state index contributed by atoms with van der Waals surface area (Å²) < 4.78 is 1.84. The Labute approximate surface area is 136 Å². The van der Waals surface area contributed by atoms with E-state index in [0.29, 0.717) is 0 Å². The molecular formula is C17H16N2OS2. The van der Waals surface area contributed by atoms with E-state index >= 15 is 0 Å². The van der Waals surface area contributed by atoms with Gasteiger partial charge in [-0.3, -0.25) is 9.36 Å². The van der Waals surface area contributed by atoms with Gasteiger partial charge in [0.25, 0.3) is 5.56 Å². The van der Waals surface area contributed by atoms with E-state index in [0.717, 1.165) is 34.6 Å². The maximum Gasteiger partial charge on any atom is 0.262 e. The molecule has 112 valence electrons. The molecule has 0 bridgehead atoms. The average Bonchev–Trinajstić information content (AvgIpc) is 3.13. The summed E-state index contributed by atoms with van der Waals surface area (Å²) in [7, 11) is 0. The predicted octanol–water partition coefficient (Wildman–Crippen LogP) is 4.39. The Hall–Kier alpha value is -1.72. The summed E-state index contributed by atoms with van der Waals surface area (Å²) in [5.41, 5.74) is 2.37. The van der Waals surface area contributed by atoms with Crippen LogP contribution in [0.5, 0.6) is 0 Å². The molecule has 0 spiro atoms. The van der Waals surface area contributed by atoms with E-state index < -0.39 is 0 Å². The highest BCUT2D eigenvalue weighted by Gasteiger charge is 2.23. The highest BCUT2D eigenvalue weighted by molar-refractivity contribution is 7.18. The minimum atomic E-state index is 0.118. The van der Waals surface area contributed by atoms with Gasteiger partial charge in [0.15, 0.2) is 0 Å². The van der Waals surface area contributed by atoms with Crippen LogP contribution in [0, 0.1) is 20.8 Å². The largest absolute Gasteiger partial charge is 0.292 e. The first kappa shape index (κ1) is 13.9. The average molecular weight is 328 g/mol. The number of rotatable bonds is 1. The Bertz CT molecular complexity index is 988. The third-order valence-electron chi connectivity index (χ3n) is 4.26. The fraction of sp³-hybridized carbons (Fsp3) is 0.294. The molecular weight excluding hydrogens is 312 g/mol. The SMILES string of the molecule is Cc1ccc(C=C2CCn3c2nc2sc(C)c(C)c2c3=O)s1. The first-order valence-corrected chi connectivity index (χ1v) is 8.96. The molecule has 4 rings (SSSR count). The minimum Gasteiger partial charge on any atom is -0.292 e. The van der Waals surface area contributed by atoms with Gasteiger partial charge < -0.3 is 0 Å². The molecule has 4 heterocycles. The second-order valence-electron chi connectivity index (χ2n) is 5.72. The summed E-state index contributed by atoms with van der Waals surface area (Å²) in [6.07, 6.45) is 3.07. The Morgan fingerprint density at radius 1 is 1.23 bits per heavy atom. The normalized spacial score (nSPS) is 15.9. The molecule has 1 aliphatic rings. The van der Waals surface area contributed by atoms with Crippen molar-refractivity contribution in [3.05, 3.63) is 48.5 Å². The van der Waals surface area contributed by atoms with Crippen molar-refractivity contribution >= 4 is 44.5 Å². The second-order valence-corrected chi connectivity index (χ2v) is 8.25. The highest BCUT2D eigenvalue weighted by atomic mass is 32.1. The first-order valence-electron chi connectivity index (χ1n) is 7.32. The standard InChI is InChI=1S/C17H16N2OS2/c1-9-4-5-13(21-9)8-12-6-7-19-15(12)18-16-14(17(19)20)10(2)11(3)22-16/h4-5,8H,6-7H2,1-3H3. The van der Waals surface area contributed by atoms with Crippen LogP contribution in [0.15, 0.2) is 16.9 Å². The second kappa shape index (κ2) is 4.89. The summed E-state index contributed by atoms with van der Waals surface area (Å²) in [5.74, 6) is 0.852. The molecule has 0 unspecified atom stereocenters. The van der Waals surface area contributed by atoms with E-state index in [9.17, 15) is 4.79 Å². The molecule has 0 fully saturated rings. The molecule has 0 aliphatic carbocycles. The molecule has 3 aromatic rings. The van der Waals surface area contributed by atoms with Crippen LogP contribution in [0.3, 0.4) is 0 Å². The third kappa shape index (κ3) is 2.00. The van der Waals surface area contributed by atoms with Crippen molar-refractivity contribution in [3.63, 3.8) is 0 Å². The van der Waals surface area contributed by atoms with Crippen LogP contribution in [-0.4, -0.2) is 9.55 Å². The maximum atomic E-state index is 12.8. The number of thiophene rings is 2. The molecule has 0 radical (unpaired) electrons. The molecule has 0 atom stereocenters. The highest BCUT2D eigenvalue weighted by Crippen LogP contribution is 2.32. The lowest BCUT2D eigenvalue weighted by Crippen LogP contribution is -2.20. The predicted molar refractivity (Wildman–Crippen MR) is 94.9 cm³/mol.